The Morgan fingerprint density at radius 3 is 3.00 bits per heavy atom. The molecule has 0 spiro atoms. The summed E-state index contributed by atoms with van der Waals surface area (Å²) in [5, 5.41) is 3.05. The molecule has 1 aromatic carbocycles. The highest BCUT2D eigenvalue weighted by Gasteiger charge is 2.22. The lowest BCUT2D eigenvalue weighted by atomic mass is 10.2. The van der Waals surface area contributed by atoms with Crippen LogP contribution in [0.1, 0.15) is 0 Å². The van der Waals surface area contributed by atoms with Crippen molar-refractivity contribution in [1.29, 1.82) is 0 Å². The molecule has 0 fully saturated rings. The summed E-state index contributed by atoms with van der Waals surface area (Å²) < 4.78 is 31.8. The molecule has 0 unspecified atom stereocenters. The lowest BCUT2D eigenvalue weighted by Crippen LogP contribution is -2.37. The summed E-state index contributed by atoms with van der Waals surface area (Å²) in [5.74, 6) is -1.61. The van der Waals surface area contributed by atoms with E-state index in [-0.39, 0.29) is 0 Å². The molecule has 0 amide bonds. The monoisotopic (exact) mass is 228 g/mol. The third kappa shape index (κ3) is 1.95. The zero-order chi connectivity index (χ0) is 11.5. The molecule has 0 aromatic heterocycles. The summed E-state index contributed by atoms with van der Waals surface area (Å²) in [6.07, 6.45) is 0. The Labute approximate surface area is 93.0 Å². The zero-order valence-corrected chi connectivity index (χ0v) is 9.09. The van der Waals surface area contributed by atoms with Crippen molar-refractivity contribution in [3.05, 3.63) is 23.8 Å². The van der Waals surface area contributed by atoms with Gasteiger partial charge in [0.15, 0.2) is 11.6 Å². The number of halogens is 2. The normalized spacial score (nSPS) is 14.6. The molecule has 0 saturated carbocycles. The maximum Gasteiger partial charge on any atom is 0.184 e. The average molecular weight is 228 g/mol. The Bertz CT molecular complexity index is 384. The lowest BCUT2D eigenvalue weighted by molar-refractivity contribution is 0.205. The maximum atomic E-state index is 13.7. The highest BCUT2D eigenvalue weighted by atomic mass is 19.2. The van der Waals surface area contributed by atoms with Gasteiger partial charge in [-0.15, -0.1) is 0 Å². The molecule has 1 aliphatic rings. The van der Waals surface area contributed by atoms with Crippen molar-refractivity contribution >= 4 is 11.4 Å². The minimum Gasteiger partial charge on any atom is -0.383 e. The molecular weight excluding hydrogens is 214 g/mol. The molecule has 0 aliphatic carbocycles. The van der Waals surface area contributed by atoms with Gasteiger partial charge in [0.1, 0.15) is 0 Å². The van der Waals surface area contributed by atoms with E-state index in [2.05, 4.69) is 5.32 Å². The zero-order valence-electron chi connectivity index (χ0n) is 9.09. The van der Waals surface area contributed by atoms with Gasteiger partial charge in [0.2, 0.25) is 0 Å². The van der Waals surface area contributed by atoms with Crippen molar-refractivity contribution in [1.82, 2.24) is 0 Å². The first kappa shape index (κ1) is 11.1. The van der Waals surface area contributed by atoms with Crippen LogP contribution >= 0.6 is 0 Å². The van der Waals surface area contributed by atoms with Crippen LogP contribution in [0.25, 0.3) is 0 Å². The third-order valence-electron chi connectivity index (χ3n) is 2.65. The Balaban J connectivity index is 2.32. The first-order valence-electron chi connectivity index (χ1n) is 5.20. The van der Waals surface area contributed by atoms with Crippen molar-refractivity contribution < 1.29 is 13.5 Å². The molecular formula is C11H14F2N2O. The van der Waals surface area contributed by atoms with Crippen molar-refractivity contribution in [3.63, 3.8) is 0 Å². The van der Waals surface area contributed by atoms with E-state index in [1.807, 2.05) is 0 Å². The molecule has 0 saturated heterocycles. The number of nitrogens with zero attached hydrogens (tertiary/aromatic N) is 1. The second kappa shape index (κ2) is 4.65. The molecule has 5 heteroatoms. The van der Waals surface area contributed by atoms with Crippen LogP contribution in [0.3, 0.4) is 0 Å². The van der Waals surface area contributed by atoms with E-state index in [1.54, 1.807) is 18.1 Å². The van der Waals surface area contributed by atoms with E-state index >= 15 is 0 Å². The van der Waals surface area contributed by atoms with Gasteiger partial charge in [-0.3, -0.25) is 0 Å². The molecule has 0 atom stereocenters. The van der Waals surface area contributed by atoms with Crippen LogP contribution in [0.5, 0.6) is 0 Å². The first-order valence-corrected chi connectivity index (χ1v) is 5.20. The maximum absolute atomic E-state index is 13.7. The van der Waals surface area contributed by atoms with Gasteiger partial charge in [-0.1, -0.05) is 0 Å². The van der Waals surface area contributed by atoms with Crippen molar-refractivity contribution in [3.8, 4) is 0 Å². The molecule has 1 N–H and O–H groups in total. The number of fused-ring (bicyclic) bond motifs is 1. The van der Waals surface area contributed by atoms with E-state index in [9.17, 15) is 8.78 Å². The van der Waals surface area contributed by atoms with Gasteiger partial charge >= 0.3 is 0 Å². The Morgan fingerprint density at radius 1 is 1.44 bits per heavy atom. The fourth-order valence-corrected chi connectivity index (χ4v) is 1.85. The van der Waals surface area contributed by atoms with E-state index in [1.165, 1.54) is 0 Å². The topological polar surface area (TPSA) is 24.5 Å². The quantitative estimate of drug-likeness (QED) is 0.854. The first-order chi connectivity index (χ1) is 7.74. The number of ether oxygens (including phenoxy) is 1. The number of anilines is 2. The lowest BCUT2D eigenvalue weighted by Gasteiger charge is -2.32. The number of rotatable bonds is 3. The van der Waals surface area contributed by atoms with Gasteiger partial charge in [-0.25, -0.2) is 8.78 Å². The third-order valence-corrected chi connectivity index (χ3v) is 2.65. The molecule has 2 rings (SSSR count). The van der Waals surface area contributed by atoms with Crippen LogP contribution in [0.15, 0.2) is 12.1 Å². The summed E-state index contributed by atoms with van der Waals surface area (Å²) >= 11 is 0. The fourth-order valence-electron chi connectivity index (χ4n) is 1.85. The number of methoxy groups -OCH3 is 1. The van der Waals surface area contributed by atoms with Crippen LogP contribution in [-0.4, -0.2) is 33.4 Å². The predicted octanol–water partition coefficient (Wildman–Crippen LogP) is 1.84. The average Bonchev–Trinajstić information content (AvgIpc) is 2.31. The van der Waals surface area contributed by atoms with E-state index in [0.29, 0.717) is 31.1 Å². The van der Waals surface area contributed by atoms with E-state index in [0.717, 1.165) is 12.6 Å². The predicted molar refractivity (Wildman–Crippen MR) is 58.9 cm³/mol. The number of hydrogen-bond donors (Lipinski definition) is 1. The number of hydrogen-bond acceptors (Lipinski definition) is 3. The number of nitrogens with one attached hydrogen (secondary N) is 1. The number of benzene rings is 1. The molecule has 3 nitrogen and oxygen atoms in total. The molecule has 16 heavy (non-hydrogen) atoms. The SMILES string of the molecule is COCCN1CCNc2ccc(F)c(F)c21. The van der Waals surface area contributed by atoms with Gasteiger partial charge < -0.3 is 15.0 Å². The minimum absolute atomic E-state index is 0.309. The second-order valence-corrected chi connectivity index (χ2v) is 3.66. The van der Waals surface area contributed by atoms with E-state index in [4.69, 9.17) is 4.74 Å². The Morgan fingerprint density at radius 2 is 2.25 bits per heavy atom. The van der Waals surface area contributed by atoms with Gasteiger partial charge in [0.25, 0.3) is 0 Å². The highest BCUT2D eigenvalue weighted by Crippen LogP contribution is 2.32. The summed E-state index contributed by atoms with van der Waals surface area (Å²) in [5.41, 5.74) is 0.949. The molecule has 0 bridgehead atoms. The van der Waals surface area contributed by atoms with Crippen LogP contribution in [0, 0.1) is 11.6 Å². The van der Waals surface area contributed by atoms with Crippen LogP contribution in [-0.2, 0) is 4.74 Å². The van der Waals surface area contributed by atoms with Gasteiger partial charge in [0, 0.05) is 26.7 Å². The summed E-state index contributed by atoms with van der Waals surface area (Å²) in [4.78, 5) is 1.80. The van der Waals surface area contributed by atoms with Crippen molar-refractivity contribution in [2.24, 2.45) is 0 Å². The smallest absolute Gasteiger partial charge is 0.184 e. The molecule has 1 aliphatic heterocycles. The molecule has 1 aromatic rings. The molecule has 0 radical (unpaired) electrons. The summed E-state index contributed by atoms with van der Waals surface area (Å²) in [6.45, 7) is 2.43. The van der Waals surface area contributed by atoms with Crippen molar-refractivity contribution in [2.45, 2.75) is 0 Å². The second-order valence-electron chi connectivity index (χ2n) is 3.66. The summed E-state index contributed by atoms with van der Waals surface area (Å²) in [6, 6.07) is 2.70. The minimum atomic E-state index is -0.815. The Kier molecular flexibility index (Phi) is 3.24. The van der Waals surface area contributed by atoms with Crippen LogP contribution < -0.4 is 10.2 Å². The van der Waals surface area contributed by atoms with Crippen LogP contribution in [0.2, 0.25) is 0 Å². The van der Waals surface area contributed by atoms with E-state index < -0.39 is 11.6 Å². The summed E-state index contributed by atoms with van der Waals surface area (Å²) in [7, 11) is 1.59. The largest absolute Gasteiger partial charge is 0.383 e. The molecule has 88 valence electrons. The van der Waals surface area contributed by atoms with Crippen molar-refractivity contribution in [2.75, 3.05) is 43.6 Å². The highest BCUT2D eigenvalue weighted by molar-refractivity contribution is 5.72. The molecule has 1 heterocycles. The van der Waals surface area contributed by atoms with Gasteiger partial charge in [0.05, 0.1) is 18.0 Å². The van der Waals surface area contributed by atoms with Gasteiger partial charge in [-0.2, -0.15) is 0 Å². The van der Waals surface area contributed by atoms with Gasteiger partial charge in [-0.05, 0) is 12.1 Å². The standard InChI is InChI=1S/C11H14F2N2O/c1-16-7-6-15-5-4-14-9-3-2-8(12)10(13)11(9)15/h2-3,14H,4-7H2,1H3. The fraction of sp³-hybridized carbons (Fsp3) is 0.455. The van der Waals surface area contributed by atoms with Crippen LogP contribution in [0.4, 0.5) is 20.2 Å². The Hall–Kier alpha value is -1.36.